The van der Waals surface area contributed by atoms with Crippen molar-refractivity contribution in [2.75, 3.05) is 6.61 Å². The van der Waals surface area contributed by atoms with Gasteiger partial charge in [-0.1, -0.05) is 13.8 Å². The summed E-state index contributed by atoms with van der Waals surface area (Å²) in [6.07, 6.45) is -3.23. The van der Waals surface area contributed by atoms with Gasteiger partial charge >= 0.3 is 12.1 Å². The standard InChI is InChI=1S/C17H18F3NO3/c1-4-24-16(23)13-9-21(8-10(2)3)14-7-11(17(18,19)20)5-6-12(14)15(13)22/h5-7,9-10H,4,8H2,1-3H3. The maximum absolute atomic E-state index is 13.0. The van der Waals surface area contributed by atoms with Crippen molar-refractivity contribution in [2.24, 2.45) is 5.92 Å². The first kappa shape index (κ1) is 18.0. The highest BCUT2D eigenvalue weighted by Gasteiger charge is 2.31. The Hall–Kier alpha value is -2.31. The van der Waals surface area contributed by atoms with Crippen LogP contribution in [0.3, 0.4) is 0 Å². The maximum atomic E-state index is 13.0. The molecule has 0 aliphatic rings. The van der Waals surface area contributed by atoms with Gasteiger partial charge in [-0.15, -0.1) is 0 Å². The molecule has 0 N–H and O–H groups in total. The second kappa shape index (κ2) is 6.67. The number of fused-ring (bicyclic) bond motifs is 1. The third-order valence-corrected chi connectivity index (χ3v) is 3.47. The predicted octanol–water partition coefficient (Wildman–Crippen LogP) is 3.85. The summed E-state index contributed by atoms with van der Waals surface area (Å²) in [7, 11) is 0. The first-order valence-electron chi connectivity index (χ1n) is 7.56. The van der Waals surface area contributed by atoms with Crippen LogP contribution in [-0.2, 0) is 17.5 Å². The van der Waals surface area contributed by atoms with Crippen molar-refractivity contribution in [3.05, 3.63) is 45.7 Å². The Morgan fingerprint density at radius 1 is 1.29 bits per heavy atom. The molecule has 0 bridgehead atoms. The van der Waals surface area contributed by atoms with Gasteiger partial charge < -0.3 is 9.30 Å². The minimum absolute atomic E-state index is 0.0641. The number of rotatable bonds is 4. The third-order valence-electron chi connectivity index (χ3n) is 3.47. The van der Waals surface area contributed by atoms with Crippen LogP contribution in [0.25, 0.3) is 10.9 Å². The van der Waals surface area contributed by atoms with Crippen LogP contribution in [0.1, 0.15) is 36.7 Å². The number of hydrogen-bond donors (Lipinski definition) is 0. The molecule has 130 valence electrons. The number of carbonyl (C=O) groups excluding carboxylic acids is 1. The van der Waals surface area contributed by atoms with Crippen molar-refractivity contribution < 1.29 is 22.7 Å². The molecule has 0 fully saturated rings. The molecule has 2 rings (SSSR count). The molecule has 7 heteroatoms. The highest BCUT2D eigenvalue weighted by molar-refractivity contribution is 5.93. The molecule has 24 heavy (non-hydrogen) atoms. The summed E-state index contributed by atoms with van der Waals surface area (Å²) in [4.78, 5) is 24.4. The summed E-state index contributed by atoms with van der Waals surface area (Å²) < 4.78 is 45.2. The molecule has 4 nitrogen and oxygen atoms in total. The minimum Gasteiger partial charge on any atom is -0.462 e. The van der Waals surface area contributed by atoms with Gasteiger partial charge in [0.05, 0.1) is 17.7 Å². The number of halogens is 3. The molecule has 0 unspecified atom stereocenters. The van der Waals surface area contributed by atoms with E-state index in [1.807, 2.05) is 13.8 Å². The fourth-order valence-electron chi connectivity index (χ4n) is 2.47. The van der Waals surface area contributed by atoms with E-state index in [1.165, 1.54) is 10.8 Å². The molecule has 0 spiro atoms. The summed E-state index contributed by atoms with van der Waals surface area (Å²) in [6, 6.07) is 2.90. The van der Waals surface area contributed by atoms with Gasteiger partial charge in [0.1, 0.15) is 5.56 Å². The molecule has 0 aliphatic carbocycles. The lowest BCUT2D eigenvalue weighted by Crippen LogP contribution is -2.22. The van der Waals surface area contributed by atoms with E-state index in [9.17, 15) is 22.8 Å². The van der Waals surface area contributed by atoms with Crippen LogP contribution in [0.4, 0.5) is 13.2 Å². The third kappa shape index (κ3) is 3.60. The zero-order valence-corrected chi connectivity index (χ0v) is 13.6. The van der Waals surface area contributed by atoms with E-state index in [0.717, 1.165) is 18.2 Å². The quantitative estimate of drug-likeness (QED) is 0.794. The summed E-state index contributed by atoms with van der Waals surface area (Å²) in [5.41, 5.74) is -1.49. The Morgan fingerprint density at radius 3 is 2.50 bits per heavy atom. The molecule has 1 heterocycles. The van der Waals surface area contributed by atoms with Crippen LogP contribution >= 0.6 is 0 Å². The van der Waals surface area contributed by atoms with Crippen molar-refractivity contribution in [1.29, 1.82) is 0 Å². The van der Waals surface area contributed by atoms with Crippen LogP contribution < -0.4 is 5.43 Å². The van der Waals surface area contributed by atoms with Gasteiger partial charge in [0.15, 0.2) is 0 Å². The fourth-order valence-corrected chi connectivity index (χ4v) is 2.47. The number of carbonyl (C=O) groups is 1. The van der Waals surface area contributed by atoms with E-state index < -0.39 is 23.1 Å². The summed E-state index contributed by atoms with van der Waals surface area (Å²) in [5, 5.41) is 0.0641. The number of nitrogens with zero attached hydrogens (tertiary/aromatic N) is 1. The minimum atomic E-state index is -4.51. The lowest BCUT2D eigenvalue weighted by atomic mass is 10.1. The zero-order valence-electron chi connectivity index (χ0n) is 13.6. The normalized spacial score (nSPS) is 12.0. The SMILES string of the molecule is CCOC(=O)c1cn(CC(C)C)c2cc(C(F)(F)F)ccc2c1=O. The van der Waals surface area contributed by atoms with Crippen molar-refractivity contribution in [3.8, 4) is 0 Å². The summed E-state index contributed by atoms with van der Waals surface area (Å²) in [6.45, 7) is 5.86. The monoisotopic (exact) mass is 341 g/mol. The van der Waals surface area contributed by atoms with E-state index in [2.05, 4.69) is 0 Å². The number of benzene rings is 1. The number of alkyl halides is 3. The molecule has 1 aromatic heterocycles. The van der Waals surface area contributed by atoms with Crippen LogP contribution in [0.2, 0.25) is 0 Å². The van der Waals surface area contributed by atoms with E-state index >= 15 is 0 Å². The average Bonchev–Trinajstić information content (AvgIpc) is 2.48. The van der Waals surface area contributed by atoms with E-state index in [0.29, 0.717) is 6.54 Å². The lowest BCUT2D eigenvalue weighted by Gasteiger charge is -2.16. The first-order valence-corrected chi connectivity index (χ1v) is 7.56. The Balaban J connectivity index is 2.76. The zero-order chi connectivity index (χ0) is 18.1. The van der Waals surface area contributed by atoms with Crippen molar-refractivity contribution >= 4 is 16.9 Å². The molecule has 0 saturated carbocycles. The predicted molar refractivity (Wildman–Crippen MR) is 84.0 cm³/mol. The Morgan fingerprint density at radius 2 is 1.96 bits per heavy atom. The number of pyridine rings is 1. The molecule has 0 radical (unpaired) electrons. The van der Waals surface area contributed by atoms with Crippen LogP contribution in [0, 0.1) is 5.92 Å². The van der Waals surface area contributed by atoms with Gasteiger partial charge in [-0.25, -0.2) is 4.79 Å². The number of esters is 1. The molecule has 0 amide bonds. The maximum Gasteiger partial charge on any atom is 0.416 e. The van der Waals surface area contributed by atoms with E-state index in [1.54, 1.807) is 6.92 Å². The molecule has 0 aliphatic heterocycles. The highest BCUT2D eigenvalue weighted by atomic mass is 19.4. The number of hydrogen-bond acceptors (Lipinski definition) is 3. The second-order valence-electron chi connectivity index (χ2n) is 5.87. The van der Waals surface area contributed by atoms with Crippen LogP contribution in [0.5, 0.6) is 0 Å². The number of aromatic nitrogens is 1. The Bertz CT molecular complexity index is 822. The highest BCUT2D eigenvalue weighted by Crippen LogP contribution is 2.31. The smallest absolute Gasteiger partial charge is 0.416 e. The van der Waals surface area contributed by atoms with Gasteiger partial charge in [-0.2, -0.15) is 13.2 Å². The Kier molecular flexibility index (Phi) is 5.01. The fraction of sp³-hybridized carbons (Fsp3) is 0.412. The van der Waals surface area contributed by atoms with Crippen LogP contribution in [-0.4, -0.2) is 17.1 Å². The molecule has 0 atom stereocenters. The Labute approximate surface area is 136 Å². The van der Waals surface area contributed by atoms with Gasteiger partial charge in [0.25, 0.3) is 0 Å². The molecule has 1 aromatic carbocycles. The molecular formula is C17H18F3NO3. The molecule has 2 aromatic rings. The van der Waals surface area contributed by atoms with Crippen LogP contribution in [0.15, 0.2) is 29.2 Å². The molecule has 0 saturated heterocycles. The van der Waals surface area contributed by atoms with Crippen molar-refractivity contribution in [2.45, 2.75) is 33.5 Å². The topological polar surface area (TPSA) is 48.3 Å². The van der Waals surface area contributed by atoms with E-state index in [4.69, 9.17) is 4.74 Å². The van der Waals surface area contributed by atoms with Gasteiger partial charge in [0.2, 0.25) is 5.43 Å². The lowest BCUT2D eigenvalue weighted by molar-refractivity contribution is -0.137. The van der Waals surface area contributed by atoms with Gasteiger partial charge in [-0.3, -0.25) is 4.79 Å². The van der Waals surface area contributed by atoms with E-state index in [-0.39, 0.29) is 29.0 Å². The van der Waals surface area contributed by atoms with Crippen molar-refractivity contribution in [3.63, 3.8) is 0 Å². The average molecular weight is 341 g/mol. The van der Waals surface area contributed by atoms with Crippen molar-refractivity contribution in [1.82, 2.24) is 4.57 Å². The largest absolute Gasteiger partial charge is 0.462 e. The first-order chi connectivity index (χ1) is 11.1. The summed E-state index contributed by atoms with van der Waals surface area (Å²) in [5.74, 6) is -0.665. The van der Waals surface area contributed by atoms with Gasteiger partial charge in [-0.05, 0) is 31.0 Å². The molecular weight excluding hydrogens is 323 g/mol. The number of ether oxygens (including phenoxy) is 1. The summed E-state index contributed by atoms with van der Waals surface area (Å²) >= 11 is 0. The second-order valence-corrected chi connectivity index (χ2v) is 5.87. The van der Waals surface area contributed by atoms with Gasteiger partial charge in [0, 0.05) is 18.1 Å².